The molecule has 0 aromatic rings. The summed E-state index contributed by atoms with van der Waals surface area (Å²) in [6.07, 6.45) is -0.284. The van der Waals surface area contributed by atoms with Crippen LogP contribution in [0.2, 0.25) is 0 Å². The fourth-order valence-corrected chi connectivity index (χ4v) is 3.17. The first-order valence-electron chi connectivity index (χ1n) is 12.6. The Labute approximate surface area is 214 Å². The van der Waals surface area contributed by atoms with Crippen LogP contribution in [0.4, 0.5) is 0 Å². The van der Waals surface area contributed by atoms with Crippen molar-refractivity contribution in [3.63, 3.8) is 0 Å². The molecule has 0 aromatic heterocycles. The van der Waals surface area contributed by atoms with E-state index in [1.54, 1.807) is 14.0 Å². The lowest BCUT2D eigenvalue weighted by molar-refractivity contribution is -0.134. The lowest BCUT2D eigenvalue weighted by Gasteiger charge is -2.18. The molecular formula is C23H47N7O6. The maximum absolute atomic E-state index is 12.7. The molecule has 9 N–H and O–H groups in total. The second kappa shape index (κ2) is 23.3. The fourth-order valence-electron chi connectivity index (χ4n) is 3.17. The van der Waals surface area contributed by atoms with Gasteiger partial charge in [-0.05, 0) is 0 Å². The molecule has 0 radical (unpaired) electrons. The highest BCUT2D eigenvalue weighted by atomic mass is 16.5. The number of hydrogen-bond donors (Lipinski definition) is 7. The third-order valence-electron chi connectivity index (χ3n) is 5.10. The van der Waals surface area contributed by atoms with E-state index in [9.17, 15) is 19.2 Å². The molecule has 0 aliphatic rings. The van der Waals surface area contributed by atoms with Crippen LogP contribution in [0.15, 0.2) is 0 Å². The van der Waals surface area contributed by atoms with E-state index in [1.165, 1.54) is 0 Å². The van der Waals surface area contributed by atoms with Crippen LogP contribution in [-0.2, 0) is 28.7 Å². The topological polar surface area (TPSA) is 199 Å². The van der Waals surface area contributed by atoms with Gasteiger partial charge in [-0.2, -0.15) is 0 Å². The van der Waals surface area contributed by atoms with Crippen molar-refractivity contribution in [1.29, 1.82) is 0 Å². The lowest BCUT2D eigenvalue weighted by Crippen LogP contribution is -2.39. The Hall–Kier alpha value is -2.16. The Morgan fingerprint density at radius 1 is 0.694 bits per heavy atom. The van der Waals surface area contributed by atoms with Crippen LogP contribution >= 0.6 is 0 Å². The Morgan fingerprint density at radius 3 is 1.92 bits per heavy atom. The standard InChI is InChI=1S/C23H47N7O6/c1-18(22(33)29-10-8-27-6-4-25)15-20(31)16-19(17-21(32)28-9-7-26-5-3-24)23(34)30-11-12-36-14-13-35-2/h18-19,26-27H,3-17,24-25H2,1-2H3,(H,28,32)(H,29,33)(H,30,34). The molecule has 0 aliphatic carbocycles. The number of nitrogens with two attached hydrogens (primary N) is 2. The maximum Gasteiger partial charge on any atom is 0.224 e. The Morgan fingerprint density at radius 2 is 1.31 bits per heavy atom. The molecular weight excluding hydrogens is 470 g/mol. The first-order chi connectivity index (χ1) is 17.3. The van der Waals surface area contributed by atoms with Gasteiger partial charge in [-0.25, -0.2) is 0 Å². The van der Waals surface area contributed by atoms with Gasteiger partial charge in [0.05, 0.1) is 25.7 Å². The van der Waals surface area contributed by atoms with E-state index < -0.39 is 17.7 Å². The number of methoxy groups -OCH3 is 1. The number of carbonyl (C=O) groups excluding carboxylic acids is 4. The molecule has 0 bridgehead atoms. The third-order valence-corrected chi connectivity index (χ3v) is 5.10. The third kappa shape index (κ3) is 19.1. The summed E-state index contributed by atoms with van der Waals surface area (Å²) in [6, 6.07) is 0. The Kier molecular flexibility index (Phi) is 21.9. The average molecular weight is 518 g/mol. The molecule has 0 aliphatic heterocycles. The van der Waals surface area contributed by atoms with Gasteiger partial charge in [-0.1, -0.05) is 6.92 Å². The van der Waals surface area contributed by atoms with Crippen molar-refractivity contribution in [3.05, 3.63) is 0 Å². The van der Waals surface area contributed by atoms with Gasteiger partial charge in [0, 0.05) is 91.2 Å². The monoisotopic (exact) mass is 517 g/mol. The lowest BCUT2D eigenvalue weighted by atomic mass is 9.92. The molecule has 0 heterocycles. The normalized spacial score (nSPS) is 12.6. The zero-order valence-electron chi connectivity index (χ0n) is 21.9. The molecule has 0 fully saturated rings. The molecule has 13 heteroatoms. The maximum atomic E-state index is 12.7. The highest BCUT2D eigenvalue weighted by Gasteiger charge is 2.26. The van der Waals surface area contributed by atoms with Crippen molar-refractivity contribution >= 4 is 23.5 Å². The van der Waals surface area contributed by atoms with E-state index in [-0.39, 0.29) is 50.0 Å². The second-order valence-corrected chi connectivity index (χ2v) is 8.36. The van der Waals surface area contributed by atoms with Gasteiger partial charge < -0.3 is 47.5 Å². The van der Waals surface area contributed by atoms with Crippen LogP contribution in [0.25, 0.3) is 0 Å². The molecule has 2 unspecified atom stereocenters. The molecule has 0 saturated carbocycles. The number of hydrogen-bond acceptors (Lipinski definition) is 10. The van der Waals surface area contributed by atoms with Gasteiger partial charge in [-0.3, -0.25) is 19.2 Å². The number of amides is 3. The number of nitrogens with one attached hydrogen (secondary N) is 5. The number of carbonyl (C=O) groups is 4. The van der Waals surface area contributed by atoms with E-state index in [0.29, 0.717) is 65.6 Å². The number of ether oxygens (including phenoxy) is 2. The molecule has 2 atom stereocenters. The fraction of sp³-hybridized carbons (Fsp3) is 0.826. The first-order valence-corrected chi connectivity index (χ1v) is 12.6. The van der Waals surface area contributed by atoms with Crippen molar-refractivity contribution in [2.24, 2.45) is 23.3 Å². The molecule has 0 saturated heterocycles. The summed E-state index contributed by atoms with van der Waals surface area (Å²) in [4.78, 5) is 50.0. The van der Waals surface area contributed by atoms with Gasteiger partial charge in [0.15, 0.2) is 0 Å². The first kappa shape index (κ1) is 33.8. The number of rotatable bonds is 24. The van der Waals surface area contributed by atoms with Crippen LogP contribution in [-0.4, -0.2) is 109 Å². The number of ketones is 1. The van der Waals surface area contributed by atoms with Gasteiger partial charge in [0.1, 0.15) is 5.78 Å². The summed E-state index contributed by atoms with van der Waals surface area (Å²) < 4.78 is 10.2. The van der Waals surface area contributed by atoms with Crippen LogP contribution < -0.4 is 38.1 Å². The van der Waals surface area contributed by atoms with E-state index in [0.717, 1.165) is 0 Å². The molecule has 0 spiro atoms. The summed E-state index contributed by atoms with van der Waals surface area (Å²) in [5.41, 5.74) is 10.8. The minimum absolute atomic E-state index is 0.0173. The SMILES string of the molecule is COCCOCCNC(=O)C(CC(=O)CC(C)C(=O)NCCNCCN)CC(=O)NCCNCCN. The second-order valence-electron chi connectivity index (χ2n) is 8.36. The molecule has 36 heavy (non-hydrogen) atoms. The Balaban J connectivity index is 4.71. The largest absolute Gasteiger partial charge is 0.382 e. The van der Waals surface area contributed by atoms with Crippen molar-refractivity contribution in [3.8, 4) is 0 Å². The molecule has 0 aromatic carbocycles. The van der Waals surface area contributed by atoms with Crippen molar-refractivity contribution < 1.29 is 28.7 Å². The molecule has 3 amide bonds. The van der Waals surface area contributed by atoms with Crippen LogP contribution in [0, 0.1) is 11.8 Å². The van der Waals surface area contributed by atoms with E-state index in [1.807, 2.05) is 0 Å². The zero-order valence-corrected chi connectivity index (χ0v) is 21.9. The summed E-state index contributed by atoms with van der Waals surface area (Å²) in [6.45, 7) is 7.27. The zero-order chi connectivity index (χ0) is 27.0. The van der Waals surface area contributed by atoms with Crippen molar-refractivity contribution in [1.82, 2.24) is 26.6 Å². The van der Waals surface area contributed by atoms with Crippen LogP contribution in [0.1, 0.15) is 26.2 Å². The summed E-state index contributed by atoms with van der Waals surface area (Å²) >= 11 is 0. The summed E-state index contributed by atoms with van der Waals surface area (Å²) in [5, 5.41) is 14.4. The quantitative estimate of drug-likeness (QED) is 0.0651. The van der Waals surface area contributed by atoms with E-state index in [2.05, 4.69) is 26.6 Å². The highest BCUT2D eigenvalue weighted by Crippen LogP contribution is 2.14. The minimum atomic E-state index is -0.843. The van der Waals surface area contributed by atoms with Gasteiger partial charge in [0.2, 0.25) is 17.7 Å². The minimum Gasteiger partial charge on any atom is -0.382 e. The number of Topliss-reactive ketones (excluding diaryl/α,β-unsaturated/α-hetero) is 1. The van der Waals surface area contributed by atoms with Gasteiger partial charge in [-0.15, -0.1) is 0 Å². The molecule has 210 valence electrons. The summed E-state index contributed by atoms with van der Waals surface area (Å²) in [7, 11) is 1.57. The van der Waals surface area contributed by atoms with Crippen molar-refractivity contribution in [2.75, 3.05) is 85.8 Å². The molecule has 13 nitrogen and oxygen atoms in total. The van der Waals surface area contributed by atoms with E-state index in [4.69, 9.17) is 20.9 Å². The average Bonchev–Trinajstić information content (AvgIpc) is 2.85. The Bertz CT molecular complexity index is 624. The van der Waals surface area contributed by atoms with Crippen LogP contribution in [0.3, 0.4) is 0 Å². The van der Waals surface area contributed by atoms with E-state index >= 15 is 0 Å². The smallest absolute Gasteiger partial charge is 0.224 e. The summed E-state index contributed by atoms with van der Waals surface area (Å²) in [5.74, 6) is -2.62. The highest BCUT2D eigenvalue weighted by molar-refractivity contribution is 5.92. The van der Waals surface area contributed by atoms with Gasteiger partial charge in [0.25, 0.3) is 0 Å². The van der Waals surface area contributed by atoms with Crippen LogP contribution in [0.5, 0.6) is 0 Å². The van der Waals surface area contributed by atoms with Gasteiger partial charge >= 0.3 is 0 Å². The predicted octanol–water partition coefficient (Wildman–Crippen LogP) is -2.91. The van der Waals surface area contributed by atoms with Crippen molar-refractivity contribution in [2.45, 2.75) is 26.2 Å². The predicted molar refractivity (Wildman–Crippen MR) is 137 cm³/mol. The molecule has 0 rings (SSSR count).